The molecule has 5 heteroatoms. The van der Waals surface area contributed by atoms with E-state index in [-0.39, 0.29) is 23.3 Å². The number of carbonyl (C=O) groups excluding carboxylic acids is 1. The smallest absolute Gasteiger partial charge is 0.226 e. The normalized spacial score (nSPS) is 21.2. The van der Waals surface area contributed by atoms with Crippen LogP contribution in [0.5, 0.6) is 0 Å². The summed E-state index contributed by atoms with van der Waals surface area (Å²) in [6.45, 7) is 2.49. The molecule has 0 spiro atoms. The highest BCUT2D eigenvalue weighted by atomic mass is 32.2. The van der Waals surface area contributed by atoms with Crippen LogP contribution in [0.15, 0.2) is 35.9 Å². The molecule has 0 aromatic heterocycles. The Hall–Kier alpha value is -1.62. The van der Waals surface area contributed by atoms with E-state index < -0.39 is 9.84 Å². The predicted octanol–water partition coefficient (Wildman–Crippen LogP) is 1.98. The Morgan fingerprint density at radius 1 is 1.33 bits per heavy atom. The van der Waals surface area contributed by atoms with E-state index in [0.717, 1.165) is 11.1 Å². The molecule has 0 bridgehead atoms. The second-order valence-electron chi connectivity index (χ2n) is 5.70. The Bertz CT molecular complexity index is 635. The van der Waals surface area contributed by atoms with Crippen molar-refractivity contribution in [3.8, 4) is 0 Å². The highest BCUT2D eigenvalue weighted by Crippen LogP contribution is 2.20. The fourth-order valence-electron chi connectivity index (χ4n) is 2.63. The first kappa shape index (κ1) is 15.8. The van der Waals surface area contributed by atoms with Crippen LogP contribution in [0.2, 0.25) is 0 Å². The Morgan fingerprint density at radius 3 is 2.57 bits per heavy atom. The number of nitrogens with zero attached hydrogens (tertiary/aromatic N) is 1. The van der Waals surface area contributed by atoms with Gasteiger partial charge in [-0.25, -0.2) is 8.42 Å². The number of benzene rings is 1. The maximum atomic E-state index is 12.3. The summed E-state index contributed by atoms with van der Waals surface area (Å²) in [5.74, 6) is -0.310. The van der Waals surface area contributed by atoms with Gasteiger partial charge in [0.05, 0.1) is 17.4 Å². The van der Waals surface area contributed by atoms with Crippen LogP contribution in [0, 0.1) is 5.92 Å². The van der Waals surface area contributed by atoms with Gasteiger partial charge in [0, 0.05) is 13.6 Å². The Kier molecular flexibility index (Phi) is 4.83. The van der Waals surface area contributed by atoms with Crippen molar-refractivity contribution in [2.45, 2.75) is 13.3 Å². The number of hydrogen-bond donors (Lipinski definition) is 0. The number of likely N-dealkylation sites (N-methyl/N-ethyl adjacent to an activating group) is 1. The van der Waals surface area contributed by atoms with Gasteiger partial charge in [0.1, 0.15) is 0 Å². The van der Waals surface area contributed by atoms with Crippen molar-refractivity contribution in [2.24, 2.45) is 5.92 Å². The summed E-state index contributed by atoms with van der Waals surface area (Å²) in [5, 5.41) is 0. The highest BCUT2D eigenvalue weighted by molar-refractivity contribution is 7.91. The van der Waals surface area contributed by atoms with Crippen LogP contribution in [-0.4, -0.2) is 44.3 Å². The summed E-state index contributed by atoms with van der Waals surface area (Å²) in [6, 6.07) is 9.92. The van der Waals surface area contributed by atoms with Gasteiger partial charge in [-0.3, -0.25) is 4.79 Å². The van der Waals surface area contributed by atoms with Crippen molar-refractivity contribution in [2.75, 3.05) is 25.1 Å². The zero-order valence-electron chi connectivity index (χ0n) is 12.5. The van der Waals surface area contributed by atoms with E-state index in [4.69, 9.17) is 0 Å². The van der Waals surface area contributed by atoms with Gasteiger partial charge in [-0.1, -0.05) is 42.0 Å². The average Bonchev–Trinajstić information content (AvgIpc) is 2.79. The lowest BCUT2D eigenvalue weighted by Crippen LogP contribution is -2.34. The number of hydrogen-bond acceptors (Lipinski definition) is 3. The molecule has 2 rings (SSSR count). The van der Waals surface area contributed by atoms with Crippen LogP contribution in [0.1, 0.15) is 18.9 Å². The van der Waals surface area contributed by atoms with Crippen LogP contribution < -0.4 is 0 Å². The molecule has 1 aliphatic heterocycles. The molecule has 1 aromatic carbocycles. The molecule has 114 valence electrons. The minimum Gasteiger partial charge on any atom is -0.341 e. The summed E-state index contributed by atoms with van der Waals surface area (Å²) in [5.41, 5.74) is 2.16. The fraction of sp³-hybridized carbons (Fsp3) is 0.438. The van der Waals surface area contributed by atoms with Crippen molar-refractivity contribution in [1.29, 1.82) is 0 Å². The maximum Gasteiger partial charge on any atom is 0.226 e. The van der Waals surface area contributed by atoms with E-state index >= 15 is 0 Å². The number of amides is 1. The van der Waals surface area contributed by atoms with Gasteiger partial charge >= 0.3 is 0 Å². The monoisotopic (exact) mass is 307 g/mol. The van der Waals surface area contributed by atoms with Crippen LogP contribution in [0.3, 0.4) is 0 Å². The average molecular weight is 307 g/mol. The third kappa shape index (κ3) is 4.43. The van der Waals surface area contributed by atoms with Crippen molar-refractivity contribution in [1.82, 2.24) is 4.90 Å². The summed E-state index contributed by atoms with van der Waals surface area (Å²) in [7, 11) is -1.28. The van der Waals surface area contributed by atoms with Crippen LogP contribution in [0.25, 0.3) is 6.08 Å². The molecule has 1 aromatic rings. The van der Waals surface area contributed by atoms with Crippen LogP contribution in [-0.2, 0) is 14.6 Å². The molecule has 1 aliphatic rings. The lowest BCUT2D eigenvalue weighted by molar-refractivity contribution is -0.132. The molecule has 0 N–H and O–H groups in total. The molecule has 0 radical (unpaired) electrons. The minimum atomic E-state index is -3.01. The molecule has 0 saturated carbocycles. The number of sulfone groups is 1. The van der Waals surface area contributed by atoms with Crippen LogP contribution in [0.4, 0.5) is 0 Å². The molecule has 1 amide bonds. The largest absolute Gasteiger partial charge is 0.341 e. The van der Waals surface area contributed by atoms with Gasteiger partial charge in [-0.05, 0) is 18.9 Å². The van der Waals surface area contributed by atoms with Gasteiger partial charge < -0.3 is 4.90 Å². The Labute approximate surface area is 126 Å². The lowest BCUT2D eigenvalue weighted by atomic mass is 10.1. The van der Waals surface area contributed by atoms with Crippen molar-refractivity contribution in [3.63, 3.8) is 0 Å². The standard InChI is InChI=1S/C16H21NO3S/c1-13(10-14-6-4-3-5-7-14)11-17(2)16(18)15-8-9-21(19,20)12-15/h3-7,10,15H,8-9,11-12H2,1-2H3. The molecule has 1 saturated heterocycles. The lowest BCUT2D eigenvalue weighted by Gasteiger charge is -2.20. The molecular formula is C16H21NO3S. The van der Waals surface area contributed by atoms with Gasteiger partial charge in [-0.2, -0.15) is 0 Å². The molecular weight excluding hydrogens is 286 g/mol. The molecule has 1 unspecified atom stereocenters. The van der Waals surface area contributed by atoms with E-state index in [1.807, 2.05) is 43.3 Å². The summed E-state index contributed by atoms with van der Waals surface area (Å²) in [4.78, 5) is 13.9. The van der Waals surface area contributed by atoms with Gasteiger partial charge in [0.25, 0.3) is 0 Å². The molecule has 0 aliphatic carbocycles. The van der Waals surface area contributed by atoms with Crippen molar-refractivity contribution >= 4 is 21.8 Å². The second kappa shape index (κ2) is 6.43. The SMILES string of the molecule is CC(=Cc1ccccc1)CN(C)C(=O)C1CCS(=O)(=O)C1. The Balaban J connectivity index is 1.96. The minimum absolute atomic E-state index is 0.00236. The van der Waals surface area contributed by atoms with Crippen molar-refractivity contribution in [3.05, 3.63) is 41.5 Å². The summed E-state index contributed by atoms with van der Waals surface area (Å²) >= 11 is 0. The molecule has 1 atom stereocenters. The van der Waals surface area contributed by atoms with Crippen molar-refractivity contribution < 1.29 is 13.2 Å². The first-order chi connectivity index (χ1) is 9.87. The highest BCUT2D eigenvalue weighted by Gasteiger charge is 2.34. The number of carbonyl (C=O) groups is 1. The topological polar surface area (TPSA) is 54.5 Å². The number of rotatable bonds is 4. The van der Waals surface area contributed by atoms with E-state index in [2.05, 4.69) is 0 Å². The first-order valence-electron chi connectivity index (χ1n) is 7.05. The third-order valence-corrected chi connectivity index (χ3v) is 5.43. The third-order valence-electron chi connectivity index (χ3n) is 3.66. The zero-order valence-corrected chi connectivity index (χ0v) is 13.3. The molecule has 21 heavy (non-hydrogen) atoms. The molecule has 1 fully saturated rings. The van der Waals surface area contributed by atoms with Gasteiger partial charge in [-0.15, -0.1) is 0 Å². The van der Waals surface area contributed by atoms with E-state index in [9.17, 15) is 13.2 Å². The van der Waals surface area contributed by atoms with Gasteiger partial charge in [0.2, 0.25) is 5.91 Å². The predicted molar refractivity (Wildman–Crippen MR) is 84.5 cm³/mol. The van der Waals surface area contributed by atoms with E-state index in [1.165, 1.54) is 0 Å². The van der Waals surface area contributed by atoms with Gasteiger partial charge in [0.15, 0.2) is 9.84 Å². The van der Waals surface area contributed by atoms with E-state index in [0.29, 0.717) is 13.0 Å². The zero-order chi connectivity index (χ0) is 15.5. The molecule has 1 heterocycles. The summed E-state index contributed by atoms with van der Waals surface area (Å²) in [6.07, 6.45) is 2.49. The Morgan fingerprint density at radius 2 is 2.00 bits per heavy atom. The van der Waals surface area contributed by atoms with E-state index in [1.54, 1.807) is 11.9 Å². The maximum absolute atomic E-state index is 12.3. The first-order valence-corrected chi connectivity index (χ1v) is 8.87. The second-order valence-corrected chi connectivity index (χ2v) is 7.92. The molecule has 4 nitrogen and oxygen atoms in total. The quantitative estimate of drug-likeness (QED) is 0.855. The van der Waals surface area contributed by atoms with Crippen LogP contribution >= 0.6 is 0 Å². The fourth-order valence-corrected chi connectivity index (χ4v) is 4.37. The summed E-state index contributed by atoms with van der Waals surface area (Å²) < 4.78 is 22.9.